The van der Waals surface area contributed by atoms with Crippen LogP contribution in [0.2, 0.25) is 0 Å². The van der Waals surface area contributed by atoms with Crippen molar-refractivity contribution in [2.45, 2.75) is 32.5 Å². The van der Waals surface area contributed by atoms with Crippen LogP contribution in [0.4, 0.5) is 0 Å². The Morgan fingerprint density at radius 3 is 2.27 bits per heavy atom. The van der Waals surface area contributed by atoms with Crippen molar-refractivity contribution in [3.05, 3.63) is 34.3 Å². The second-order valence-electron chi connectivity index (χ2n) is 4.11. The van der Waals surface area contributed by atoms with Crippen LogP contribution in [0.15, 0.2) is 28.7 Å². The lowest BCUT2D eigenvalue weighted by molar-refractivity contribution is -0.0665. The van der Waals surface area contributed by atoms with E-state index in [0.29, 0.717) is 6.54 Å². The van der Waals surface area contributed by atoms with Crippen molar-refractivity contribution >= 4 is 15.9 Å². The van der Waals surface area contributed by atoms with E-state index in [-0.39, 0.29) is 6.10 Å². The molecule has 0 saturated carbocycles. The van der Waals surface area contributed by atoms with Crippen LogP contribution in [-0.4, -0.2) is 12.6 Å². The van der Waals surface area contributed by atoms with Crippen molar-refractivity contribution in [2.24, 2.45) is 5.73 Å². The van der Waals surface area contributed by atoms with Gasteiger partial charge in [-0.15, -0.1) is 0 Å². The summed E-state index contributed by atoms with van der Waals surface area (Å²) in [5.74, 6) is 0. The van der Waals surface area contributed by atoms with Gasteiger partial charge in [-0.3, -0.25) is 0 Å². The summed E-state index contributed by atoms with van der Waals surface area (Å²) in [6.45, 7) is 6.54. The maximum Gasteiger partial charge on any atom is 0.103 e. The summed E-state index contributed by atoms with van der Waals surface area (Å²) in [4.78, 5) is 0. The van der Waals surface area contributed by atoms with Crippen LogP contribution in [0.3, 0.4) is 0 Å². The van der Waals surface area contributed by atoms with Gasteiger partial charge in [0.25, 0.3) is 0 Å². The molecule has 0 heterocycles. The van der Waals surface area contributed by atoms with E-state index >= 15 is 0 Å². The zero-order chi connectivity index (χ0) is 11.5. The minimum atomic E-state index is -0.394. The second kappa shape index (κ2) is 5.10. The Labute approximate surface area is 99.9 Å². The molecule has 0 saturated heterocycles. The van der Waals surface area contributed by atoms with Crippen molar-refractivity contribution in [1.82, 2.24) is 0 Å². The predicted octanol–water partition coefficient (Wildman–Crippen LogP) is 3.05. The maximum atomic E-state index is 5.87. The van der Waals surface area contributed by atoms with Crippen molar-refractivity contribution < 1.29 is 4.74 Å². The lowest BCUT2D eigenvalue weighted by Crippen LogP contribution is -2.37. The SMILES string of the molecule is CC(C)OC(C)(CN)c1ccc(Br)cc1. The minimum Gasteiger partial charge on any atom is -0.367 e. The standard InChI is InChI=1S/C12H18BrNO/c1-9(2)15-12(3,8-14)10-4-6-11(13)7-5-10/h4-7,9H,8,14H2,1-3H3. The van der Waals surface area contributed by atoms with E-state index in [1.807, 2.05) is 45.0 Å². The third-order valence-corrected chi connectivity index (χ3v) is 2.87. The third kappa shape index (κ3) is 3.30. The van der Waals surface area contributed by atoms with Crippen LogP contribution in [0.1, 0.15) is 26.3 Å². The van der Waals surface area contributed by atoms with Gasteiger partial charge in [0.15, 0.2) is 0 Å². The van der Waals surface area contributed by atoms with E-state index in [9.17, 15) is 0 Å². The van der Waals surface area contributed by atoms with E-state index in [1.54, 1.807) is 0 Å². The van der Waals surface area contributed by atoms with Crippen LogP contribution >= 0.6 is 15.9 Å². The van der Waals surface area contributed by atoms with Crippen LogP contribution < -0.4 is 5.73 Å². The second-order valence-corrected chi connectivity index (χ2v) is 5.02. The summed E-state index contributed by atoms with van der Waals surface area (Å²) >= 11 is 3.41. The topological polar surface area (TPSA) is 35.2 Å². The molecule has 0 amide bonds. The van der Waals surface area contributed by atoms with Crippen LogP contribution in [0.25, 0.3) is 0 Å². The van der Waals surface area contributed by atoms with Gasteiger partial charge in [0.2, 0.25) is 0 Å². The normalized spacial score (nSPS) is 15.3. The quantitative estimate of drug-likeness (QED) is 0.914. The molecule has 1 aromatic rings. The number of hydrogen-bond acceptors (Lipinski definition) is 2. The highest BCUT2D eigenvalue weighted by molar-refractivity contribution is 9.10. The number of nitrogens with two attached hydrogens (primary N) is 1. The van der Waals surface area contributed by atoms with E-state index < -0.39 is 5.60 Å². The minimum absolute atomic E-state index is 0.169. The largest absolute Gasteiger partial charge is 0.367 e. The fourth-order valence-electron chi connectivity index (χ4n) is 1.56. The van der Waals surface area contributed by atoms with Gasteiger partial charge >= 0.3 is 0 Å². The lowest BCUT2D eigenvalue weighted by atomic mass is 9.96. The van der Waals surface area contributed by atoms with E-state index in [4.69, 9.17) is 10.5 Å². The Kier molecular flexibility index (Phi) is 4.32. The molecule has 2 nitrogen and oxygen atoms in total. The number of benzene rings is 1. The van der Waals surface area contributed by atoms with E-state index in [2.05, 4.69) is 15.9 Å². The molecule has 2 N–H and O–H groups in total. The van der Waals surface area contributed by atoms with Crippen molar-refractivity contribution in [3.8, 4) is 0 Å². The molecule has 0 aliphatic heterocycles. The fourth-order valence-corrected chi connectivity index (χ4v) is 1.82. The highest BCUT2D eigenvalue weighted by atomic mass is 79.9. The first-order valence-corrected chi connectivity index (χ1v) is 5.91. The molecule has 0 aliphatic carbocycles. The molecule has 0 fully saturated rings. The molecule has 0 bridgehead atoms. The van der Waals surface area contributed by atoms with Crippen molar-refractivity contribution in [1.29, 1.82) is 0 Å². The molecule has 15 heavy (non-hydrogen) atoms. The van der Waals surface area contributed by atoms with Gasteiger partial charge in [0, 0.05) is 11.0 Å². The Bertz CT molecular complexity index is 310. The first-order chi connectivity index (χ1) is 6.98. The van der Waals surface area contributed by atoms with E-state index in [0.717, 1.165) is 10.0 Å². The van der Waals surface area contributed by atoms with Gasteiger partial charge in [-0.2, -0.15) is 0 Å². The highest BCUT2D eigenvalue weighted by Crippen LogP contribution is 2.26. The number of rotatable bonds is 4. The summed E-state index contributed by atoms with van der Waals surface area (Å²) in [7, 11) is 0. The summed E-state index contributed by atoms with van der Waals surface area (Å²) in [6.07, 6.45) is 0.169. The predicted molar refractivity (Wildman–Crippen MR) is 66.8 cm³/mol. The van der Waals surface area contributed by atoms with Crippen molar-refractivity contribution in [2.75, 3.05) is 6.54 Å². The molecule has 1 atom stereocenters. The lowest BCUT2D eigenvalue weighted by Gasteiger charge is -2.31. The average Bonchev–Trinajstić information content (AvgIpc) is 2.17. The first kappa shape index (κ1) is 12.7. The molecule has 0 radical (unpaired) electrons. The fraction of sp³-hybridized carbons (Fsp3) is 0.500. The Morgan fingerprint density at radius 1 is 1.33 bits per heavy atom. The van der Waals surface area contributed by atoms with E-state index in [1.165, 1.54) is 0 Å². The van der Waals surface area contributed by atoms with Gasteiger partial charge in [-0.1, -0.05) is 28.1 Å². The molecular formula is C12H18BrNO. The molecule has 84 valence electrons. The summed E-state index contributed by atoms with van der Waals surface area (Å²) in [5.41, 5.74) is 6.51. The van der Waals surface area contributed by atoms with Crippen molar-refractivity contribution in [3.63, 3.8) is 0 Å². The maximum absolute atomic E-state index is 5.87. The Morgan fingerprint density at radius 2 is 1.87 bits per heavy atom. The summed E-state index contributed by atoms with van der Waals surface area (Å²) in [6, 6.07) is 8.10. The third-order valence-electron chi connectivity index (χ3n) is 2.34. The molecule has 1 rings (SSSR count). The van der Waals surface area contributed by atoms with Crippen LogP contribution in [-0.2, 0) is 10.3 Å². The number of ether oxygens (including phenoxy) is 1. The van der Waals surface area contributed by atoms with Gasteiger partial charge in [-0.25, -0.2) is 0 Å². The van der Waals surface area contributed by atoms with Gasteiger partial charge in [0.1, 0.15) is 5.60 Å². The zero-order valence-electron chi connectivity index (χ0n) is 9.46. The average molecular weight is 272 g/mol. The number of hydrogen-bond donors (Lipinski definition) is 1. The molecular weight excluding hydrogens is 254 g/mol. The van der Waals surface area contributed by atoms with Crippen LogP contribution in [0.5, 0.6) is 0 Å². The number of halogens is 1. The molecule has 0 aliphatic rings. The van der Waals surface area contributed by atoms with Gasteiger partial charge < -0.3 is 10.5 Å². The molecule has 0 spiro atoms. The molecule has 3 heteroatoms. The monoisotopic (exact) mass is 271 g/mol. The van der Waals surface area contributed by atoms with Gasteiger partial charge in [0.05, 0.1) is 6.10 Å². The van der Waals surface area contributed by atoms with Gasteiger partial charge in [-0.05, 0) is 38.5 Å². The summed E-state index contributed by atoms with van der Waals surface area (Å²) in [5, 5.41) is 0. The molecule has 1 aromatic carbocycles. The highest BCUT2D eigenvalue weighted by Gasteiger charge is 2.26. The molecule has 1 unspecified atom stereocenters. The summed E-state index contributed by atoms with van der Waals surface area (Å²) < 4.78 is 6.94. The molecule has 0 aromatic heterocycles. The van der Waals surface area contributed by atoms with Crippen LogP contribution in [0, 0.1) is 0 Å². The Hall–Kier alpha value is -0.380. The zero-order valence-corrected chi connectivity index (χ0v) is 11.0. The smallest absolute Gasteiger partial charge is 0.103 e. The Balaban J connectivity index is 2.95. The first-order valence-electron chi connectivity index (χ1n) is 5.12.